The van der Waals surface area contributed by atoms with Crippen molar-refractivity contribution in [1.29, 1.82) is 0 Å². The number of nitrogens with zero attached hydrogens (tertiary/aromatic N) is 1. The van der Waals surface area contributed by atoms with Crippen LogP contribution in [0.4, 0.5) is 0 Å². The summed E-state index contributed by atoms with van der Waals surface area (Å²) in [6.07, 6.45) is 1.41. The number of guanidine groups is 1. The topological polar surface area (TPSA) is 215 Å². The second-order valence-corrected chi connectivity index (χ2v) is 7.77. The van der Waals surface area contributed by atoms with E-state index in [0.29, 0.717) is 25.8 Å². The molecule has 4 unspecified atom stereocenters. The predicted molar refractivity (Wildman–Crippen MR) is 117 cm³/mol. The summed E-state index contributed by atoms with van der Waals surface area (Å²) >= 11 is 0. The van der Waals surface area contributed by atoms with Crippen LogP contribution in [0.3, 0.4) is 0 Å². The lowest BCUT2D eigenvalue weighted by molar-refractivity contribution is -0.139. The first-order chi connectivity index (χ1) is 14.4. The van der Waals surface area contributed by atoms with E-state index in [-0.39, 0.29) is 17.8 Å². The molecule has 0 saturated carbocycles. The van der Waals surface area contributed by atoms with Gasteiger partial charge in [0.1, 0.15) is 18.6 Å². The quantitative estimate of drug-likeness (QED) is 0.0924. The van der Waals surface area contributed by atoms with Crippen LogP contribution >= 0.6 is 0 Å². The van der Waals surface area contributed by atoms with Gasteiger partial charge in [-0.1, -0.05) is 34.1 Å². The molecule has 0 rings (SSSR count). The number of rotatable bonds is 14. The van der Waals surface area contributed by atoms with Gasteiger partial charge in [-0.2, -0.15) is 0 Å². The van der Waals surface area contributed by atoms with Crippen molar-refractivity contribution in [2.75, 3.05) is 13.1 Å². The number of carboxylic acid groups (broad SMARTS) is 1. The number of carbonyl (C=O) groups excluding carboxylic acids is 3. The third-order valence-electron chi connectivity index (χ3n) is 4.76. The first-order valence-electron chi connectivity index (χ1n) is 10.3. The van der Waals surface area contributed by atoms with Gasteiger partial charge in [0.2, 0.25) is 17.7 Å². The third kappa shape index (κ3) is 11.2. The molecule has 10 N–H and O–H groups in total. The Morgan fingerprint density at radius 1 is 0.968 bits per heavy atom. The van der Waals surface area contributed by atoms with Crippen molar-refractivity contribution in [3.05, 3.63) is 0 Å². The van der Waals surface area contributed by atoms with E-state index in [4.69, 9.17) is 22.3 Å². The molecule has 12 heteroatoms. The molecule has 0 aromatic carbocycles. The van der Waals surface area contributed by atoms with Gasteiger partial charge in [-0.15, -0.1) is 0 Å². The zero-order valence-corrected chi connectivity index (χ0v) is 18.7. The lowest BCUT2D eigenvalue weighted by atomic mass is 9.96. The van der Waals surface area contributed by atoms with E-state index in [0.717, 1.165) is 0 Å². The number of hydrogen-bond donors (Lipinski definition) is 7. The van der Waals surface area contributed by atoms with Gasteiger partial charge >= 0.3 is 5.97 Å². The number of amides is 3. The number of nitrogens with two attached hydrogens (primary N) is 3. The Labute approximate surface area is 182 Å². The summed E-state index contributed by atoms with van der Waals surface area (Å²) in [5.74, 6) is -3.42. The molecule has 3 amide bonds. The smallest absolute Gasteiger partial charge is 0.322 e. The highest BCUT2D eigenvalue weighted by Gasteiger charge is 2.32. The van der Waals surface area contributed by atoms with Gasteiger partial charge in [-0.05, 0) is 24.7 Å². The lowest BCUT2D eigenvalue weighted by Crippen LogP contribution is -2.58. The average molecular weight is 444 g/mol. The first kappa shape index (κ1) is 28.1. The minimum atomic E-state index is -1.19. The Balaban J connectivity index is 5.12. The highest BCUT2D eigenvalue weighted by Crippen LogP contribution is 2.11. The van der Waals surface area contributed by atoms with Gasteiger partial charge in [-0.25, -0.2) is 0 Å². The Kier molecular flexibility index (Phi) is 12.9. The van der Waals surface area contributed by atoms with Crippen molar-refractivity contribution in [1.82, 2.24) is 16.0 Å². The molecule has 0 aliphatic heterocycles. The maximum Gasteiger partial charge on any atom is 0.322 e. The van der Waals surface area contributed by atoms with Gasteiger partial charge in [0.15, 0.2) is 5.96 Å². The van der Waals surface area contributed by atoms with Crippen LogP contribution in [0.5, 0.6) is 0 Å². The summed E-state index contributed by atoms with van der Waals surface area (Å²) in [4.78, 5) is 52.2. The fraction of sp³-hybridized carbons (Fsp3) is 0.737. The average Bonchev–Trinajstić information content (AvgIpc) is 2.69. The summed E-state index contributed by atoms with van der Waals surface area (Å²) in [5, 5.41) is 16.3. The van der Waals surface area contributed by atoms with Crippen LogP contribution in [0, 0.1) is 11.8 Å². The Hall–Kier alpha value is -2.89. The number of aliphatic imine (C=N–C) groups is 1. The minimum absolute atomic E-state index is 0.0429. The normalized spacial score (nSPS) is 14.6. The summed E-state index contributed by atoms with van der Waals surface area (Å²) in [6, 6.07) is -2.72. The maximum atomic E-state index is 12.9. The van der Waals surface area contributed by atoms with E-state index in [1.165, 1.54) is 0 Å². The van der Waals surface area contributed by atoms with E-state index in [1.807, 2.05) is 6.92 Å². The Bertz CT molecular complexity index is 650. The molecule has 0 aromatic rings. The van der Waals surface area contributed by atoms with E-state index in [9.17, 15) is 19.2 Å². The molecule has 178 valence electrons. The van der Waals surface area contributed by atoms with Gasteiger partial charge in [-0.3, -0.25) is 24.2 Å². The second kappa shape index (κ2) is 14.2. The summed E-state index contributed by atoms with van der Waals surface area (Å²) < 4.78 is 0. The largest absolute Gasteiger partial charge is 0.480 e. The molecule has 0 heterocycles. The molecule has 0 fully saturated rings. The molecule has 0 bridgehead atoms. The zero-order valence-electron chi connectivity index (χ0n) is 18.7. The van der Waals surface area contributed by atoms with E-state index in [2.05, 4.69) is 20.9 Å². The third-order valence-corrected chi connectivity index (χ3v) is 4.76. The van der Waals surface area contributed by atoms with Crippen LogP contribution in [-0.2, 0) is 19.2 Å². The van der Waals surface area contributed by atoms with Crippen LogP contribution < -0.4 is 33.2 Å². The van der Waals surface area contributed by atoms with Crippen molar-refractivity contribution in [3.8, 4) is 0 Å². The first-order valence-corrected chi connectivity index (χ1v) is 10.3. The number of carboxylic acids is 1. The molecule has 0 aliphatic carbocycles. The van der Waals surface area contributed by atoms with Crippen molar-refractivity contribution in [2.24, 2.45) is 34.0 Å². The van der Waals surface area contributed by atoms with Crippen LogP contribution in [0.15, 0.2) is 4.99 Å². The summed E-state index contributed by atoms with van der Waals surface area (Å²) in [7, 11) is 0. The zero-order chi connectivity index (χ0) is 24.1. The fourth-order valence-electron chi connectivity index (χ4n) is 2.66. The number of nitrogens with one attached hydrogen (secondary N) is 3. The van der Waals surface area contributed by atoms with Gasteiger partial charge in [0.05, 0.1) is 6.04 Å². The highest BCUT2D eigenvalue weighted by atomic mass is 16.4. The van der Waals surface area contributed by atoms with Gasteiger partial charge < -0.3 is 38.3 Å². The molecule has 0 aliphatic rings. The Morgan fingerprint density at radius 3 is 2.03 bits per heavy atom. The number of carbonyl (C=O) groups is 4. The monoisotopic (exact) mass is 443 g/mol. The van der Waals surface area contributed by atoms with E-state index >= 15 is 0 Å². The molecule has 0 aromatic heterocycles. The molecule has 31 heavy (non-hydrogen) atoms. The second-order valence-electron chi connectivity index (χ2n) is 7.77. The lowest BCUT2D eigenvalue weighted by Gasteiger charge is -2.28. The predicted octanol–water partition coefficient (Wildman–Crippen LogP) is -1.76. The summed E-state index contributed by atoms with van der Waals surface area (Å²) in [6.45, 7) is 6.87. The van der Waals surface area contributed by atoms with E-state index < -0.39 is 48.4 Å². The molecule has 0 spiro atoms. The SMILES string of the molecule is CCC(C)C(NC(=O)C(N)CCCN=C(N)N)C(=O)NC(C(=O)NCC(=O)O)C(C)C. The molecule has 0 saturated heterocycles. The minimum Gasteiger partial charge on any atom is -0.480 e. The van der Waals surface area contributed by atoms with Crippen molar-refractivity contribution < 1.29 is 24.3 Å². The van der Waals surface area contributed by atoms with Crippen molar-refractivity contribution >= 4 is 29.7 Å². The fourth-order valence-corrected chi connectivity index (χ4v) is 2.66. The highest BCUT2D eigenvalue weighted by molar-refractivity contribution is 5.93. The van der Waals surface area contributed by atoms with Crippen molar-refractivity contribution in [3.63, 3.8) is 0 Å². The molecule has 12 nitrogen and oxygen atoms in total. The standard InChI is InChI=1S/C19H37N7O5/c1-5-11(4)15(26-16(29)12(20)7-6-8-23-19(21)22)18(31)25-14(10(2)3)17(30)24-9-13(27)28/h10-12,14-15H,5-9,20H2,1-4H3,(H,24,30)(H,25,31)(H,26,29)(H,27,28)(H4,21,22,23). The molecule has 0 radical (unpaired) electrons. The van der Waals surface area contributed by atoms with Crippen LogP contribution in [0.1, 0.15) is 47.0 Å². The van der Waals surface area contributed by atoms with Crippen molar-refractivity contribution in [2.45, 2.75) is 65.1 Å². The maximum absolute atomic E-state index is 12.9. The molecule has 4 atom stereocenters. The Morgan fingerprint density at radius 2 is 1.55 bits per heavy atom. The molecular formula is C19H37N7O5. The van der Waals surface area contributed by atoms with Crippen LogP contribution in [0.25, 0.3) is 0 Å². The van der Waals surface area contributed by atoms with Crippen LogP contribution in [0.2, 0.25) is 0 Å². The number of hydrogen-bond acceptors (Lipinski definition) is 6. The van der Waals surface area contributed by atoms with Crippen LogP contribution in [-0.4, -0.2) is 66.0 Å². The van der Waals surface area contributed by atoms with E-state index in [1.54, 1.807) is 20.8 Å². The number of aliphatic carboxylic acids is 1. The van der Waals surface area contributed by atoms with Gasteiger partial charge in [0, 0.05) is 6.54 Å². The van der Waals surface area contributed by atoms with Gasteiger partial charge in [0.25, 0.3) is 0 Å². The molecular weight excluding hydrogens is 406 g/mol. The summed E-state index contributed by atoms with van der Waals surface area (Å²) in [5.41, 5.74) is 16.4.